The molecule has 0 heterocycles. The first-order chi connectivity index (χ1) is 7.48. The van der Waals surface area contributed by atoms with E-state index in [2.05, 4.69) is 19.1 Å². The molecule has 0 bridgehead atoms. The molecular formula is C14H26O2. The molecule has 0 spiro atoms. The van der Waals surface area contributed by atoms with Crippen molar-refractivity contribution in [1.82, 2.24) is 0 Å². The van der Waals surface area contributed by atoms with Crippen LogP contribution in [0.5, 0.6) is 0 Å². The van der Waals surface area contributed by atoms with E-state index in [-0.39, 0.29) is 11.4 Å². The minimum atomic E-state index is -0.371. The Morgan fingerprint density at radius 1 is 1.12 bits per heavy atom. The van der Waals surface area contributed by atoms with Crippen LogP contribution in [0.25, 0.3) is 0 Å². The summed E-state index contributed by atoms with van der Waals surface area (Å²) in [7, 11) is 0. The van der Waals surface area contributed by atoms with Crippen LogP contribution >= 0.6 is 0 Å². The standard InChI is InChI=1S/C14H26O2/c1-5-6-7-8-9-10-11-12-16-13(15)14(2,3)4/h6-7H,5,8-12H2,1-4H3/b7-6-. The molecule has 0 aromatic carbocycles. The molecule has 0 N–H and O–H groups in total. The van der Waals surface area contributed by atoms with Gasteiger partial charge in [0.15, 0.2) is 0 Å². The highest BCUT2D eigenvalue weighted by Crippen LogP contribution is 2.15. The highest BCUT2D eigenvalue weighted by Gasteiger charge is 2.22. The number of allylic oxidation sites excluding steroid dienone is 2. The van der Waals surface area contributed by atoms with Crippen LogP contribution < -0.4 is 0 Å². The molecule has 2 heteroatoms. The smallest absolute Gasteiger partial charge is 0.311 e. The fourth-order valence-electron chi connectivity index (χ4n) is 1.21. The first-order valence-electron chi connectivity index (χ1n) is 6.30. The lowest BCUT2D eigenvalue weighted by atomic mass is 9.97. The third-order valence-electron chi connectivity index (χ3n) is 2.26. The second-order valence-corrected chi connectivity index (χ2v) is 5.11. The van der Waals surface area contributed by atoms with Gasteiger partial charge in [0, 0.05) is 0 Å². The van der Waals surface area contributed by atoms with Gasteiger partial charge in [0.1, 0.15) is 0 Å². The van der Waals surface area contributed by atoms with Crippen LogP contribution in [0.3, 0.4) is 0 Å². The van der Waals surface area contributed by atoms with Crippen molar-refractivity contribution in [2.24, 2.45) is 5.41 Å². The van der Waals surface area contributed by atoms with Gasteiger partial charge < -0.3 is 4.74 Å². The highest BCUT2D eigenvalue weighted by molar-refractivity contribution is 5.75. The van der Waals surface area contributed by atoms with Crippen molar-refractivity contribution in [3.8, 4) is 0 Å². The molecule has 94 valence electrons. The van der Waals surface area contributed by atoms with Crippen LogP contribution in [-0.2, 0) is 9.53 Å². The summed E-state index contributed by atoms with van der Waals surface area (Å²) in [6.45, 7) is 8.34. The van der Waals surface area contributed by atoms with E-state index >= 15 is 0 Å². The summed E-state index contributed by atoms with van der Waals surface area (Å²) in [6, 6.07) is 0. The van der Waals surface area contributed by atoms with Gasteiger partial charge in [-0.25, -0.2) is 0 Å². The third-order valence-corrected chi connectivity index (χ3v) is 2.26. The fourth-order valence-corrected chi connectivity index (χ4v) is 1.21. The van der Waals surface area contributed by atoms with E-state index in [0.29, 0.717) is 6.61 Å². The molecule has 0 aliphatic carbocycles. The first kappa shape index (κ1) is 15.2. The van der Waals surface area contributed by atoms with E-state index in [4.69, 9.17) is 4.74 Å². The molecule has 0 saturated carbocycles. The number of esters is 1. The SMILES string of the molecule is CC/C=C\CCCCCOC(=O)C(C)(C)C. The van der Waals surface area contributed by atoms with Crippen molar-refractivity contribution in [2.45, 2.75) is 59.8 Å². The zero-order chi connectivity index (χ0) is 12.4. The topological polar surface area (TPSA) is 26.3 Å². The summed E-state index contributed by atoms with van der Waals surface area (Å²) in [6.07, 6.45) is 9.96. The predicted octanol–water partition coefficient (Wildman–Crippen LogP) is 4.10. The molecule has 0 saturated heterocycles. The average molecular weight is 226 g/mol. The highest BCUT2D eigenvalue weighted by atomic mass is 16.5. The van der Waals surface area contributed by atoms with Crippen LogP contribution in [-0.4, -0.2) is 12.6 Å². The van der Waals surface area contributed by atoms with Crippen molar-refractivity contribution in [1.29, 1.82) is 0 Å². The number of rotatable bonds is 7. The van der Waals surface area contributed by atoms with E-state index in [0.717, 1.165) is 25.7 Å². The zero-order valence-corrected chi connectivity index (χ0v) is 11.2. The zero-order valence-electron chi connectivity index (χ0n) is 11.2. The fraction of sp³-hybridized carbons (Fsp3) is 0.786. The Morgan fingerprint density at radius 2 is 1.81 bits per heavy atom. The predicted molar refractivity (Wildman–Crippen MR) is 68.3 cm³/mol. The summed E-state index contributed by atoms with van der Waals surface area (Å²) in [5, 5.41) is 0. The van der Waals surface area contributed by atoms with Crippen LogP contribution in [0.2, 0.25) is 0 Å². The molecule has 0 unspecified atom stereocenters. The van der Waals surface area contributed by atoms with Crippen LogP contribution in [0.15, 0.2) is 12.2 Å². The molecule has 0 aromatic heterocycles. The lowest BCUT2D eigenvalue weighted by Crippen LogP contribution is -2.23. The quantitative estimate of drug-likeness (QED) is 0.371. The Hall–Kier alpha value is -0.790. The van der Waals surface area contributed by atoms with Gasteiger partial charge in [-0.15, -0.1) is 0 Å². The van der Waals surface area contributed by atoms with E-state index in [1.54, 1.807) is 0 Å². The average Bonchev–Trinajstić information content (AvgIpc) is 2.20. The van der Waals surface area contributed by atoms with E-state index in [1.165, 1.54) is 6.42 Å². The maximum absolute atomic E-state index is 11.4. The van der Waals surface area contributed by atoms with Gasteiger partial charge in [-0.1, -0.05) is 19.1 Å². The Kier molecular flexibility index (Phi) is 7.96. The number of carbonyl (C=O) groups excluding carboxylic acids is 1. The van der Waals surface area contributed by atoms with Crippen LogP contribution in [0.4, 0.5) is 0 Å². The van der Waals surface area contributed by atoms with Crippen molar-refractivity contribution in [3.63, 3.8) is 0 Å². The second kappa shape index (κ2) is 8.37. The molecule has 0 radical (unpaired) electrons. The number of hydrogen-bond donors (Lipinski definition) is 0. The molecule has 0 aliphatic heterocycles. The lowest BCUT2D eigenvalue weighted by molar-refractivity contribution is -0.153. The largest absolute Gasteiger partial charge is 0.465 e. The van der Waals surface area contributed by atoms with Crippen LogP contribution in [0.1, 0.15) is 59.8 Å². The molecule has 2 nitrogen and oxygen atoms in total. The summed E-state index contributed by atoms with van der Waals surface area (Å²) < 4.78 is 5.18. The minimum absolute atomic E-state index is 0.0987. The molecule has 0 atom stereocenters. The number of hydrogen-bond acceptors (Lipinski definition) is 2. The Bertz CT molecular complexity index is 211. The number of unbranched alkanes of at least 4 members (excludes halogenated alkanes) is 3. The van der Waals surface area contributed by atoms with Gasteiger partial charge in [0.25, 0.3) is 0 Å². The molecule has 0 aromatic rings. The van der Waals surface area contributed by atoms with Crippen molar-refractivity contribution in [2.75, 3.05) is 6.61 Å². The summed E-state index contributed by atoms with van der Waals surface area (Å²) in [5.41, 5.74) is -0.371. The molecule has 0 aliphatic rings. The summed E-state index contributed by atoms with van der Waals surface area (Å²) >= 11 is 0. The molecule has 0 fully saturated rings. The van der Waals surface area contributed by atoms with E-state index in [9.17, 15) is 4.79 Å². The molecular weight excluding hydrogens is 200 g/mol. The van der Waals surface area contributed by atoms with Gasteiger partial charge in [0.2, 0.25) is 0 Å². The lowest BCUT2D eigenvalue weighted by Gasteiger charge is -2.16. The van der Waals surface area contributed by atoms with Crippen molar-refractivity contribution >= 4 is 5.97 Å². The van der Waals surface area contributed by atoms with Gasteiger partial charge in [-0.3, -0.25) is 4.79 Å². The Labute approximate surface area is 100 Å². The van der Waals surface area contributed by atoms with Crippen molar-refractivity contribution in [3.05, 3.63) is 12.2 Å². The summed E-state index contributed by atoms with van der Waals surface area (Å²) in [4.78, 5) is 11.4. The summed E-state index contributed by atoms with van der Waals surface area (Å²) in [5.74, 6) is -0.0987. The van der Waals surface area contributed by atoms with Gasteiger partial charge in [-0.05, 0) is 52.9 Å². The van der Waals surface area contributed by atoms with Gasteiger partial charge in [0.05, 0.1) is 12.0 Å². The molecule has 16 heavy (non-hydrogen) atoms. The third kappa shape index (κ3) is 8.51. The Morgan fingerprint density at radius 3 is 2.38 bits per heavy atom. The van der Waals surface area contributed by atoms with E-state index < -0.39 is 0 Å². The molecule has 0 amide bonds. The van der Waals surface area contributed by atoms with Crippen molar-refractivity contribution < 1.29 is 9.53 Å². The van der Waals surface area contributed by atoms with E-state index in [1.807, 2.05) is 20.8 Å². The molecule has 0 rings (SSSR count). The second-order valence-electron chi connectivity index (χ2n) is 5.11. The number of carbonyl (C=O) groups is 1. The maximum atomic E-state index is 11.4. The minimum Gasteiger partial charge on any atom is -0.465 e. The van der Waals surface area contributed by atoms with Gasteiger partial charge >= 0.3 is 5.97 Å². The van der Waals surface area contributed by atoms with Gasteiger partial charge in [-0.2, -0.15) is 0 Å². The first-order valence-corrected chi connectivity index (χ1v) is 6.30. The normalized spacial score (nSPS) is 12.0. The Balaban J connectivity index is 3.34. The number of ether oxygens (including phenoxy) is 1. The maximum Gasteiger partial charge on any atom is 0.311 e. The van der Waals surface area contributed by atoms with Crippen LogP contribution in [0, 0.1) is 5.41 Å². The monoisotopic (exact) mass is 226 g/mol.